The molecule has 0 aliphatic heterocycles. The van der Waals surface area contributed by atoms with Crippen LogP contribution in [0.5, 0.6) is 0 Å². The van der Waals surface area contributed by atoms with Gasteiger partial charge >= 0.3 is 11.9 Å². The predicted molar refractivity (Wildman–Crippen MR) is 138 cm³/mol. The molecule has 0 radical (unpaired) electrons. The Balaban J connectivity index is 2.52. The molecule has 0 aliphatic rings. The average molecular weight is 495 g/mol. The van der Waals surface area contributed by atoms with E-state index in [1.807, 2.05) is 12.2 Å². The van der Waals surface area contributed by atoms with E-state index < -0.39 is 23.3 Å². The molecular formula is C26H42N2O5S. The fraction of sp³-hybridized carbons (Fsp3) is 0.654. The first-order chi connectivity index (χ1) is 16.1. The van der Waals surface area contributed by atoms with E-state index in [9.17, 15) is 19.8 Å². The number of aliphatic carboxylic acids is 1. The van der Waals surface area contributed by atoms with Gasteiger partial charge in [0.05, 0.1) is 17.0 Å². The van der Waals surface area contributed by atoms with Crippen LogP contribution in [0.25, 0.3) is 0 Å². The second-order valence-electron chi connectivity index (χ2n) is 9.04. The Morgan fingerprint density at radius 3 is 2.15 bits per heavy atom. The van der Waals surface area contributed by atoms with Crippen molar-refractivity contribution in [3.63, 3.8) is 0 Å². The highest BCUT2D eigenvalue weighted by molar-refractivity contribution is 8.00. The van der Waals surface area contributed by atoms with Crippen molar-refractivity contribution in [3.8, 4) is 0 Å². The fourth-order valence-electron chi connectivity index (χ4n) is 3.73. The maximum atomic E-state index is 11.5. The number of aromatic nitrogens is 2. The van der Waals surface area contributed by atoms with Crippen molar-refractivity contribution >= 4 is 23.7 Å². The summed E-state index contributed by atoms with van der Waals surface area (Å²) >= 11 is 1.27. The van der Waals surface area contributed by atoms with Gasteiger partial charge in [0.15, 0.2) is 10.9 Å². The zero-order chi connectivity index (χ0) is 25.5. The third-order valence-electron chi connectivity index (χ3n) is 5.66. The number of imidazole rings is 1. The Morgan fingerprint density at radius 1 is 1.03 bits per heavy atom. The number of allylic oxidation sites excluding steroid dienone is 3. The van der Waals surface area contributed by atoms with E-state index in [2.05, 4.69) is 24.9 Å². The first kappa shape index (κ1) is 30.0. The van der Waals surface area contributed by atoms with E-state index in [1.54, 1.807) is 14.0 Å². The molecule has 34 heavy (non-hydrogen) atoms. The quantitative estimate of drug-likeness (QED) is 0.127. The molecule has 1 aromatic rings. The number of thioether (sulfide) groups is 1. The molecule has 8 heteroatoms. The number of aliphatic hydroxyl groups excluding tert-OH is 1. The molecule has 2 unspecified atom stereocenters. The molecule has 0 saturated heterocycles. The van der Waals surface area contributed by atoms with Crippen LogP contribution >= 0.6 is 11.8 Å². The number of unbranched alkanes of at least 4 members (excludes halogenated alkanes) is 8. The Labute approximate surface area is 208 Å². The van der Waals surface area contributed by atoms with Gasteiger partial charge in [-0.05, 0) is 52.9 Å². The largest absolute Gasteiger partial charge is 0.481 e. The van der Waals surface area contributed by atoms with Crippen LogP contribution in [0.1, 0.15) is 101 Å². The van der Waals surface area contributed by atoms with Crippen molar-refractivity contribution < 1.29 is 24.9 Å². The van der Waals surface area contributed by atoms with Crippen molar-refractivity contribution in [3.05, 3.63) is 35.2 Å². The normalized spacial score (nSPS) is 13.2. The lowest BCUT2D eigenvalue weighted by molar-refractivity contribution is -0.137. The molecule has 0 spiro atoms. The smallest absolute Gasteiger partial charge is 0.354 e. The Morgan fingerprint density at radius 2 is 1.62 bits per heavy atom. The van der Waals surface area contributed by atoms with Gasteiger partial charge in [-0.2, -0.15) is 0 Å². The fourth-order valence-corrected chi connectivity index (χ4v) is 4.89. The predicted octanol–water partition coefficient (Wildman–Crippen LogP) is 6.15. The van der Waals surface area contributed by atoms with Gasteiger partial charge in [-0.3, -0.25) is 4.79 Å². The van der Waals surface area contributed by atoms with Crippen LogP contribution in [0.2, 0.25) is 0 Å². The lowest BCUT2D eigenvalue weighted by Crippen LogP contribution is -2.23. The number of hydrogen-bond donors (Lipinski definition) is 3. The SMILES string of the molecule is CC(C)=CCCCCCCCCC/C=C\C(Sc1nc(C)c(C(=O)O)n1C)C(O)CCC(=O)O. The van der Waals surface area contributed by atoms with Gasteiger partial charge in [-0.1, -0.05) is 67.7 Å². The second-order valence-corrected chi connectivity index (χ2v) is 10.2. The van der Waals surface area contributed by atoms with Gasteiger partial charge in [0.25, 0.3) is 0 Å². The van der Waals surface area contributed by atoms with E-state index in [0.29, 0.717) is 10.9 Å². The number of carboxylic acid groups (broad SMARTS) is 2. The zero-order valence-corrected chi connectivity index (χ0v) is 21.9. The highest BCUT2D eigenvalue weighted by atomic mass is 32.2. The summed E-state index contributed by atoms with van der Waals surface area (Å²) in [6.45, 7) is 5.92. The molecule has 0 saturated carbocycles. The maximum absolute atomic E-state index is 11.5. The molecule has 0 aromatic carbocycles. The summed E-state index contributed by atoms with van der Waals surface area (Å²) < 4.78 is 1.51. The summed E-state index contributed by atoms with van der Waals surface area (Å²) in [5.41, 5.74) is 1.92. The molecule has 0 amide bonds. The van der Waals surface area contributed by atoms with Crippen LogP contribution < -0.4 is 0 Å². The summed E-state index contributed by atoms with van der Waals surface area (Å²) in [6, 6.07) is 0. The lowest BCUT2D eigenvalue weighted by Gasteiger charge is -2.18. The van der Waals surface area contributed by atoms with Crippen molar-refractivity contribution in [2.75, 3.05) is 0 Å². The van der Waals surface area contributed by atoms with Gasteiger partial charge in [0, 0.05) is 13.5 Å². The topological polar surface area (TPSA) is 113 Å². The van der Waals surface area contributed by atoms with Gasteiger partial charge in [-0.15, -0.1) is 0 Å². The molecule has 0 bridgehead atoms. The third-order valence-corrected chi connectivity index (χ3v) is 6.98. The molecule has 2 atom stereocenters. The van der Waals surface area contributed by atoms with Crippen LogP contribution in [0.3, 0.4) is 0 Å². The minimum absolute atomic E-state index is 0.113. The summed E-state index contributed by atoms with van der Waals surface area (Å²) in [6.07, 6.45) is 16.0. The van der Waals surface area contributed by atoms with Gasteiger partial charge < -0.3 is 19.9 Å². The number of aryl methyl sites for hydroxylation is 1. The van der Waals surface area contributed by atoms with Crippen LogP contribution in [0.15, 0.2) is 29.0 Å². The minimum Gasteiger partial charge on any atom is -0.481 e. The molecule has 0 fully saturated rings. The van der Waals surface area contributed by atoms with Gasteiger partial charge in [0.1, 0.15) is 0 Å². The first-order valence-corrected chi connectivity index (χ1v) is 13.1. The Hall–Kier alpha value is -2.06. The van der Waals surface area contributed by atoms with Crippen LogP contribution in [-0.2, 0) is 11.8 Å². The van der Waals surface area contributed by atoms with E-state index in [0.717, 1.165) is 19.3 Å². The summed E-state index contributed by atoms with van der Waals surface area (Å²) in [4.78, 5) is 26.7. The summed E-state index contributed by atoms with van der Waals surface area (Å²) in [5.74, 6) is -2.00. The van der Waals surface area contributed by atoms with Crippen molar-refractivity contribution in [2.45, 2.75) is 108 Å². The molecule has 1 heterocycles. The molecule has 0 aliphatic carbocycles. The van der Waals surface area contributed by atoms with Crippen molar-refractivity contribution in [2.24, 2.45) is 7.05 Å². The molecule has 3 N–H and O–H groups in total. The van der Waals surface area contributed by atoms with Crippen molar-refractivity contribution in [1.29, 1.82) is 0 Å². The maximum Gasteiger partial charge on any atom is 0.354 e. The number of rotatable bonds is 18. The summed E-state index contributed by atoms with van der Waals surface area (Å²) in [5, 5.41) is 29.0. The lowest BCUT2D eigenvalue weighted by atomic mass is 10.1. The van der Waals surface area contributed by atoms with Crippen LogP contribution in [0, 0.1) is 6.92 Å². The van der Waals surface area contributed by atoms with Gasteiger partial charge in [0.2, 0.25) is 0 Å². The minimum atomic E-state index is -1.05. The highest BCUT2D eigenvalue weighted by Gasteiger charge is 2.24. The standard InChI is InChI=1S/C26H42N2O5S/c1-19(2)15-13-11-9-7-5-6-8-10-12-14-16-22(21(29)17-18-23(30)31)34-26-27-20(3)24(25(32)33)28(26)4/h14-16,21-22,29H,5-13,17-18H2,1-4H3,(H,30,31)(H,32,33)/b16-14-. The highest BCUT2D eigenvalue weighted by Crippen LogP contribution is 2.29. The monoisotopic (exact) mass is 494 g/mol. The van der Waals surface area contributed by atoms with Gasteiger partial charge in [-0.25, -0.2) is 9.78 Å². The van der Waals surface area contributed by atoms with E-state index in [1.165, 1.54) is 60.4 Å². The molecule has 1 rings (SSSR count). The van der Waals surface area contributed by atoms with E-state index >= 15 is 0 Å². The second kappa shape index (κ2) is 16.5. The number of carboxylic acids is 2. The number of aliphatic hydroxyl groups is 1. The number of nitrogens with zero attached hydrogens (tertiary/aromatic N) is 2. The molecule has 7 nitrogen and oxygen atoms in total. The summed E-state index contributed by atoms with van der Waals surface area (Å²) in [7, 11) is 1.64. The van der Waals surface area contributed by atoms with E-state index in [4.69, 9.17) is 5.11 Å². The average Bonchev–Trinajstić information content (AvgIpc) is 3.04. The van der Waals surface area contributed by atoms with Crippen LogP contribution in [-0.4, -0.2) is 48.2 Å². The van der Waals surface area contributed by atoms with Crippen molar-refractivity contribution in [1.82, 2.24) is 9.55 Å². The Bertz CT molecular complexity index is 827. The molecule has 1 aromatic heterocycles. The number of carbonyl (C=O) groups is 2. The number of aromatic carboxylic acids is 1. The molecule has 192 valence electrons. The van der Waals surface area contributed by atoms with E-state index in [-0.39, 0.29) is 18.5 Å². The third kappa shape index (κ3) is 11.9. The Kier molecular flexibility index (Phi) is 14.6. The number of hydrogen-bond acceptors (Lipinski definition) is 5. The molecular weight excluding hydrogens is 452 g/mol. The zero-order valence-electron chi connectivity index (χ0n) is 21.1. The van der Waals surface area contributed by atoms with Crippen LogP contribution in [0.4, 0.5) is 0 Å². The first-order valence-electron chi connectivity index (χ1n) is 12.3.